The van der Waals surface area contributed by atoms with Gasteiger partial charge in [0, 0.05) is 0 Å². The largest absolute Gasteiger partial charge is 0.0622 e. The van der Waals surface area contributed by atoms with Gasteiger partial charge in [0.05, 0.1) is 0 Å². The van der Waals surface area contributed by atoms with Crippen molar-refractivity contribution in [1.82, 2.24) is 0 Å². The molecule has 17 unspecified atom stereocenters. The molecule has 278 valence electrons. The molecule has 4 saturated carbocycles. The van der Waals surface area contributed by atoms with Crippen LogP contribution in [0.25, 0.3) is 0 Å². The molecule has 0 radical (unpaired) electrons. The lowest BCUT2D eigenvalue weighted by Gasteiger charge is -2.52. The molecule has 2 aromatic carbocycles. The van der Waals surface area contributed by atoms with Crippen LogP contribution in [0, 0.1) is 158 Å². The van der Waals surface area contributed by atoms with Crippen molar-refractivity contribution in [3.05, 3.63) is 66.8 Å². The Morgan fingerprint density at radius 2 is 0.680 bits per heavy atom. The normalized spacial score (nSPS) is 42.9. The van der Waals surface area contributed by atoms with Gasteiger partial charge in [-0.25, -0.2) is 0 Å². The molecular weight excluding hydrogens is 601 g/mol. The number of rotatable bonds is 4. The first-order chi connectivity index (χ1) is 23.3. The van der Waals surface area contributed by atoms with Gasteiger partial charge >= 0.3 is 0 Å². The van der Waals surface area contributed by atoms with Gasteiger partial charge < -0.3 is 0 Å². The first-order valence-corrected chi connectivity index (χ1v) is 21.4. The highest BCUT2D eigenvalue weighted by Gasteiger charge is 2.60. The molecule has 0 nitrogen and oxygen atoms in total. The molecule has 4 aliphatic carbocycles. The molecule has 0 bridgehead atoms. The molecule has 0 aromatic heterocycles. The number of hydrogen-bond donors (Lipinski definition) is 0. The van der Waals surface area contributed by atoms with Crippen LogP contribution in [0.1, 0.15) is 154 Å². The van der Waals surface area contributed by atoms with Crippen LogP contribution in [0.3, 0.4) is 0 Å². The average molecular weight is 679 g/mol. The smallest absolute Gasteiger partial charge is 0.00943 e. The van der Waals surface area contributed by atoms with Gasteiger partial charge in [0.2, 0.25) is 0 Å². The Kier molecular flexibility index (Phi) is 10.2. The third-order valence-electron chi connectivity index (χ3n) is 19.2. The summed E-state index contributed by atoms with van der Waals surface area (Å²) in [6.45, 7) is 48.2. The van der Waals surface area contributed by atoms with E-state index in [-0.39, 0.29) is 0 Å². The van der Waals surface area contributed by atoms with E-state index >= 15 is 0 Å². The van der Waals surface area contributed by atoms with Crippen molar-refractivity contribution in [3.8, 4) is 0 Å². The van der Waals surface area contributed by atoms with E-state index in [2.05, 4.69) is 132 Å². The molecule has 0 saturated heterocycles. The minimum Gasteiger partial charge on any atom is -0.0622 e. The zero-order chi connectivity index (χ0) is 37.2. The van der Waals surface area contributed by atoms with Gasteiger partial charge in [-0.15, -0.1) is 0 Å². The van der Waals surface area contributed by atoms with Crippen molar-refractivity contribution in [1.29, 1.82) is 0 Å². The van der Waals surface area contributed by atoms with Crippen molar-refractivity contribution in [3.63, 3.8) is 0 Å². The summed E-state index contributed by atoms with van der Waals surface area (Å²) >= 11 is 0. The first-order valence-electron chi connectivity index (χ1n) is 21.4. The first kappa shape index (κ1) is 38.2. The third-order valence-corrected chi connectivity index (χ3v) is 19.2. The molecule has 0 amide bonds. The van der Waals surface area contributed by atoms with Gasteiger partial charge in [0.15, 0.2) is 0 Å². The van der Waals surface area contributed by atoms with Gasteiger partial charge in [-0.1, -0.05) is 62.3 Å². The molecule has 0 aliphatic heterocycles. The van der Waals surface area contributed by atoms with Crippen LogP contribution in [0.2, 0.25) is 0 Å². The lowest BCUT2D eigenvalue weighted by Crippen LogP contribution is -2.45. The summed E-state index contributed by atoms with van der Waals surface area (Å²) in [4.78, 5) is 0. The van der Waals surface area contributed by atoms with E-state index < -0.39 is 0 Å². The third kappa shape index (κ3) is 5.31. The summed E-state index contributed by atoms with van der Waals surface area (Å²) in [5, 5.41) is 0. The summed E-state index contributed by atoms with van der Waals surface area (Å²) in [7, 11) is 0. The SMILES string of the molecule is Cc1c(C)c(C)c(C2C(C)C(C)C(C)C3C(CC4C(C)C(C)C5C(c6c(C)c(C)c(C)c(C)c6C)C(C)C(C)C(C)C45)CC(C)C23)c(C)c1C. The number of hydrogen-bond acceptors (Lipinski definition) is 0. The van der Waals surface area contributed by atoms with E-state index in [1.165, 1.54) is 24.0 Å². The van der Waals surface area contributed by atoms with E-state index in [4.69, 9.17) is 0 Å². The highest BCUT2D eigenvalue weighted by Crippen LogP contribution is 2.67. The van der Waals surface area contributed by atoms with Crippen LogP contribution in [-0.2, 0) is 0 Å². The maximum absolute atomic E-state index is 2.70. The Morgan fingerprint density at radius 1 is 0.340 bits per heavy atom. The summed E-state index contributed by atoms with van der Waals surface area (Å²) in [6.07, 6.45) is 2.92. The van der Waals surface area contributed by atoms with Gasteiger partial charge in [-0.3, -0.25) is 0 Å². The molecule has 17 atom stereocenters. The molecular formula is C50H78. The van der Waals surface area contributed by atoms with Crippen molar-refractivity contribution >= 4 is 0 Å². The van der Waals surface area contributed by atoms with Crippen LogP contribution in [0.4, 0.5) is 0 Å². The van der Waals surface area contributed by atoms with Gasteiger partial charge in [-0.05, 0) is 249 Å². The van der Waals surface area contributed by atoms with Crippen molar-refractivity contribution in [2.24, 2.45) is 88.8 Å². The molecule has 2 aromatic rings. The minimum atomic E-state index is 0.680. The summed E-state index contributed by atoms with van der Waals surface area (Å²) in [5.74, 6) is 13.3. The summed E-state index contributed by atoms with van der Waals surface area (Å²) in [5.41, 5.74) is 19.2. The maximum Gasteiger partial charge on any atom is -0.00943 e. The second kappa shape index (κ2) is 13.4. The number of benzene rings is 2. The predicted molar refractivity (Wildman–Crippen MR) is 218 cm³/mol. The Morgan fingerprint density at radius 3 is 1.10 bits per heavy atom. The molecule has 0 heteroatoms. The number of fused-ring (bicyclic) bond motifs is 2. The highest BCUT2D eigenvalue weighted by molar-refractivity contribution is 5.53. The van der Waals surface area contributed by atoms with E-state index in [0.29, 0.717) is 11.8 Å². The summed E-state index contributed by atoms with van der Waals surface area (Å²) < 4.78 is 0. The maximum atomic E-state index is 2.70. The average Bonchev–Trinajstić information content (AvgIpc) is 3.53. The van der Waals surface area contributed by atoms with E-state index in [1.54, 1.807) is 55.6 Å². The van der Waals surface area contributed by atoms with Crippen LogP contribution in [0.5, 0.6) is 0 Å². The van der Waals surface area contributed by atoms with Gasteiger partial charge in [-0.2, -0.15) is 0 Å². The summed E-state index contributed by atoms with van der Waals surface area (Å²) in [6, 6.07) is 0. The van der Waals surface area contributed by atoms with E-state index in [9.17, 15) is 0 Å². The molecule has 4 fully saturated rings. The Labute approximate surface area is 310 Å². The monoisotopic (exact) mass is 679 g/mol. The highest BCUT2D eigenvalue weighted by atomic mass is 14.6. The van der Waals surface area contributed by atoms with Crippen molar-refractivity contribution in [2.45, 2.75) is 156 Å². The van der Waals surface area contributed by atoms with Gasteiger partial charge in [0.1, 0.15) is 0 Å². The van der Waals surface area contributed by atoms with E-state index in [1.807, 2.05) is 0 Å². The Bertz CT molecular complexity index is 1560. The van der Waals surface area contributed by atoms with Crippen molar-refractivity contribution < 1.29 is 0 Å². The van der Waals surface area contributed by atoms with Crippen LogP contribution < -0.4 is 0 Å². The molecule has 50 heavy (non-hydrogen) atoms. The molecule has 4 aliphatic rings. The van der Waals surface area contributed by atoms with Gasteiger partial charge in [0.25, 0.3) is 0 Å². The fraction of sp³-hybridized carbons (Fsp3) is 0.760. The lowest BCUT2D eigenvalue weighted by atomic mass is 9.52. The molecule has 0 spiro atoms. The predicted octanol–water partition coefficient (Wildman–Crippen LogP) is 13.9. The quantitative estimate of drug-likeness (QED) is 0.302. The molecule has 6 rings (SSSR count). The topological polar surface area (TPSA) is 0 Å². The van der Waals surface area contributed by atoms with E-state index in [0.717, 1.165) is 88.8 Å². The van der Waals surface area contributed by atoms with Crippen LogP contribution in [-0.4, -0.2) is 0 Å². The zero-order valence-electron chi connectivity index (χ0n) is 36.2. The second-order valence-electron chi connectivity index (χ2n) is 20.2. The fourth-order valence-electron chi connectivity index (χ4n) is 14.8. The second-order valence-corrected chi connectivity index (χ2v) is 20.2. The zero-order valence-corrected chi connectivity index (χ0v) is 36.2. The lowest BCUT2D eigenvalue weighted by molar-refractivity contribution is 0.00235. The van der Waals surface area contributed by atoms with Crippen LogP contribution >= 0.6 is 0 Å². The van der Waals surface area contributed by atoms with Crippen molar-refractivity contribution in [2.75, 3.05) is 0 Å². The Balaban J connectivity index is 1.40. The minimum absolute atomic E-state index is 0.680. The molecule has 0 N–H and O–H groups in total. The molecule has 0 heterocycles. The standard InChI is InChI=1S/C50H78/c1-22-20-41(46-36(15)29(8)38(17)48(43(22)46)44-32(11)25(4)23(2)26(5)33(44)12)21-42-31(10)40(19)50-47(42)37(16)30(9)39(18)49(50)45-34(13)27(6)24(3)28(7)35(45)14/h22,29-31,36-43,46-50H,20-21H2,1-19H3. The van der Waals surface area contributed by atoms with Crippen LogP contribution in [0.15, 0.2) is 0 Å². The fourth-order valence-corrected chi connectivity index (χ4v) is 14.8. The Hall–Kier alpha value is -1.56.